The molecule has 1 aliphatic carbocycles. The Hall–Kier alpha value is -1.88. The smallest absolute Gasteiger partial charge is 0.237 e. The van der Waals surface area contributed by atoms with Crippen LogP contribution in [0.5, 0.6) is 0 Å². The van der Waals surface area contributed by atoms with Crippen LogP contribution in [0.4, 0.5) is 0 Å². The molecule has 0 spiro atoms. The van der Waals surface area contributed by atoms with Crippen LogP contribution in [0.15, 0.2) is 30.3 Å². The Bertz CT molecular complexity index is 640. The molecular formula is C21H29N3O2. The number of hydrogen-bond acceptors (Lipinski definition) is 3. The summed E-state index contributed by atoms with van der Waals surface area (Å²) in [6.07, 6.45) is 6.83. The number of likely N-dealkylation sites (tertiary alicyclic amines) is 1. The molecule has 5 nitrogen and oxygen atoms in total. The van der Waals surface area contributed by atoms with Crippen molar-refractivity contribution >= 4 is 11.8 Å². The fourth-order valence-corrected chi connectivity index (χ4v) is 4.76. The Labute approximate surface area is 155 Å². The van der Waals surface area contributed by atoms with E-state index in [0.29, 0.717) is 12.0 Å². The summed E-state index contributed by atoms with van der Waals surface area (Å²) in [4.78, 5) is 27.0. The molecule has 1 aromatic carbocycles. The van der Waals surface area contributed by atoms with Crippen molar-refractivity contribution in [2.24, 2.45) is 0 Å². The normalized spacial score (nSPS) is 29.8. The molecule has 3 atom stereocenters. The number of hydrogen-bond donors (Lipinski definition) is 2. The van der Waals surface area contributed by atoms with Crippen LogP contribution < -0.4 is 10.6 Å². The summed E-state index contributed by atoms with van der Waals surface area (Å²) in [7, 11) is 0. The molecule has 1 saturated carbocycles. The molecule has 0 bridgehead atoms. The maximum atomic E-state index is 12.7. The second kappa shape index (κ2) is 7.78. The van der Waals surface area contributed by atoms with E-state index in [9.17, 15) is 9.59 Å². The molecule has 4 rings (SSSR count). The van der Waals surface area contributed by atoms with Crippen molar-refractivity contribution in [1.29, 1.82) is 0 Å². The summed E-state index contributed by atoms with van der Waals surface area (Å²) in [5, 5.41) is 6.58. The number of carbonyl (C=O) groups excluding carboxylic acids is 2. The van der Waals surface area contributed by atoms with Gasteiger partial charge in [0.25, 0.3) is 0 Å². The van der Waals surface area contributed by atoms with E-state index in [2.05, 4.69) is 34.9 Å². The molecule has 2 amide bonds. The van der Waals surface area contributed by atoms with E-state index < -0.39 is 0 Å². The van der Waals surface area contributed by atoms with Crippen LogP contribution >= 0.6 is 0 Å². The summed E-state index contributed by atoms with van der Waals surface area (Å²) >= 11 is 0. The summed E-state index contributed by atoms with van der Waals surface area (Å²) in [6.45, 7) is 1.58. The Morgan fingerprint density at radius 3 is 2.42 bits per heavy atom. The molecule has 2 saturated heterocycles. The zero-order valence-corrected chi connectivity index (χ0v) is 15.3. The highest BCUT2D eigenvalue weighted by Crippen LogP contribution is 2.28. The quantitative estimate of drug-likeness (QED) is 0.874. The Balaban J connectivity index is 1.29. The van der Waals surface area contributed by atoms with Gasteiger partial charge < -0.3 is 15.5 Å². The highest BCUT2D eigenvalue weighted by atomic mass is 16.2. The number of carbonyl (C=O) groups is 2. The first kappa shape index (κ1) is 17.5. The van der Waals surface area contributed by atoms with Crippen LogP contribution in [0.25, 0.3) is 0 Å². The molecule has 5 heteroatoms. The van der Waals surface area contributed by atoms with Crippen molar-refractivity contribution in [2.75, 3.05) is 13.1 Å². The lowest BCUT2D eigenvalue weighted by atomic mass is 9.87. The topological polar surface area (TPSA) is 61.4 Å². The minimum absolute atomic E-state index is 0.000622. The average Bonchev–Trinajstić information content (AvgIpc) is 2.69. The van der Waals surface area contributed by atoms with E-state index in [1.807, 2.05) is 11.0 Å². The van der Waals surface area contributed by atoms with Gasteiger partial charge in [-0.2, -0.15) is 0 Å². The van der Waals surface area contributed by atoms with Crippen molar-refractivity contribution in [1.82, 2.24) is 15.5 Å². The number of nitrogens with one attached hydrogen (secondary N) is 2. The van der Waals surface area contributed by atoms with Gasteiger partial charge in [-0.25, -0.2) is 0 Å². The molecular weight excluding hydrogens is 326 g/mol. The molecule has 0 aromatic heterocycles. The number of benzene rings is 1. The Morgan fingerprint density at radius 2 is 1.69 bits per heavy atom. The van der Waals surface area contributed by atoms with E-state index in [1.165, 1.54) is 18.4 Å². The van der Waals surface area contributed by atoms with Crippen molar-refractivity contribution in [2.45, 2.75) is 69.0 Å². The third-order valence-electron chi connectivity index (χ3n) is 6.32. The third kappa shape index (κ3) is 3.78. The lowest BCUT2D eigenvalue weighted by Gasteiger charge is -2.41. The molecule has 2 heterocycles. The maximum Gasteiger partial charge on any atom is 0.237 e. The van der Waals surface area contributed by atoms with E-state index >= 15 is 0 Å². The predicted molar refractivity (Wildman–Crippen MR) is 101 cm³/mol. The van der Waals surface area contributed by atoms with Crippen molar-refractivity contribution < 1.29 is 9.59 Å². The second-order valence-corrected chi connectivity index (χ2v) is 8.00. The fourth-order valence-electron chi connectivity index (χ4n) is 4.76. The van der Waals surface area contributed by atoms with Gasteiger partial charge in [-0.15, -0.1) is 0 Å². The van der Waals surface area contributed by atoms with Gasteiger partial charge in [0.1, 0.15) is 0 Å². The minimum Gasteiger partial charge on any atom is -0.350 e. The SMILES string of the molecule is O=C1N[C@H]2CCCC[C@H]2N[C@H]1CC(=O)N1CCC(c2ccccc2)CC1. The van der Waals surface area contributed by atoms with Crippen LogP contribution in [0.3, 0.4) is 0 Å². The van der Waals surface area contributed by atoms with Crippen LogP contribution in [-0.4, -0.2) is 47.9 Å². The molecule has 3 aliphatic rings. The van der Waals surface area contributed by atoms with Gasteiger partial charge in [0.05, 0.1) is 12.5 Å². The van der Waals surface area contributed by atoms with Gasteiger partial charge in [0.15, 0.2) is 0 Å². The van der Waals surface area contributed by atoms with Gasteiger partial charge in [0.2, 0.25) is 11.8 Å². The van der Waals surface area contributed by atoms with Crippen molar-refractivity contribution in [3.05, 3.63) is 35.9 Å². The van der Waals surface area contributed by atoms with Crippen LogP contribution in [0.2, 0.25) is 0 Å². The number of nitrogens with zero attached hydrogens (tertiary/aromatic N) is 1. The van der Waals surface area contributed by atoms with Gasteiger partial charge in [-0.3, -0.25) is 9.59 Å². The highest BCUT2D eigenvalue weighted by molar-refractivity contribution is 5.89. The van der Waals surface area contributed by atoms with E-state index in [4.69, 9.17) is 0 Å². The average molecular weight is 355 g/mol. The van der Waals surface area contributed by atoms with Gasteiger partial charge in [-0.05, 0) is 37.2 Å². The van der Waals surface area contributed by atoms with Crippen molar-refractivity contribution in [3.8, 4) is 0 Å². The number of fused-ring (bicyclic) bond motifs is 1. The van der Waals surface area contributed by atoms with Crippen molar-refractivity contribution in [3.63, 3.8) is 0 Å². The predicted octanol–water partition coefficient (Wildman–Crippen LogP) is 2.18. The first-order chi connectivity index (χ1) is 12.7. The van der Waals surface area contributed by atoms with Gasteiger partial charge in [-0.1, -0.05) is 43.2 Å². The van der Waals surface area contributed by atoms with Crippen LogP contribution in [-0.2, 0) is 9.59 Å². The molecule has 26 heavy (non-hydrogen) atoms. The molecule has 140 valence electrons. The fraction of sp³-hybridized carbons (Fsp3) is 0.619. The standard InChI is InChI=1S/C21H29N3O2/c25-20(14-19-21(26)23-18-9-5-4-8-17(18)22-19)24-12-10-16(11-13-24)15-6-2-1-3-7-15/h1-3,6-7,16-19,22H,4-5,8-14H2,(H,23,26)/t17-,18+,19+/m1/s1. The third-order valence-corrected chi connectivity index (χ3v) is 6.32. The number of piperazine rings is 1. The molecule has 0 radical (unpaired) electrons. The molecule has 3 fully saturated rings. The zero-order valence-electron chi connectivity index (χ0n) is 15.3. The maximum absolute atomic E-state index is 12.7. The summed E-state index contributed by atoms with van der Waals surface area (Å²) in [5.41, 5.74) is 1.37. The lowest BCUT2D eigenvalue weighted by molar-refractivity contribution is -0.137. The largest absolute Gasteiger partial charge is 0.350 e. The van der Waals surface area contributed by atoms with Gasteiger partial charge in [0, 0.05) is 25.2 Å². The Morgan fingerprint density at radius 1 is 1.00 bits per heavy atom. The first-order valence-electron chi connectivity index (χ1n) is 10.1. The van der Waals surface area contributed by atoms with E-state index in [0.717, 1.165) is 38.8 Å². The summed E-state index contributed by atoms with van der Waals surface area (Å²) in [6, 6.07) is 10.8. The molecule has 1 aromatic rings. The number of rotatable bonds is 3. The molecule has 0 unspecified atom stereocenters. The van der Waals surface area contributed by atoms with E-state index in [-0.39, 0.29) is 30.3 Å². The van der Waals surface area contributed by atoms with Crippen LogP contribution in [0.1, 0.15) is 56.4 Å². The highest BCUT2D eigenvalue weighted by Gasteiger charge is 2.37. The molecule has 2 aliphatic heterocycles. The second-order valence-electron chi connectivity index (χ2n) is 8.00. The monoisotopic (exact) mass is 355 g/mol. The number of amides is 2. The van der Waals surface area contributed by atoms with Crippen LogP contribution in [0, 0.1) is 0 Å². The zero-order chi connectivity index (χ0) is 17.9. The van der Waals surface area contributed by atoms with E-state index in [1.54, 1.807) is 0 Å². The lowest BCUT2D eigenvalue weighted by Crippen LogP contribution is -2.65. The summed E-state index contributed by atoms with van der Waals surface area (Å²) in [5.74, 6) is 0.651. The molecule has 2 N–H and O–H groups in total. The van der Waals surface area contributed by atoms with Gasteiger partial charge >= 0.3 is 0 Å². The minimum atomic E-state index is -0.367. The first-order valence-corrected chi connectivity index (χ1v) is 10.1. The Kier molecular flexibility index (Phi) is 5.25. The summed E-state index contributed by atoms with van der Waals surface area (Å²) < 4.78 is 0. The number of piperidine rings is 1.